The van der Waals surface area contributed by atoms with E-state index in [2.05, 4.69) is 26.4 Å². The third-order valence-electron chi connectivity index (χ3n) is 3.06. The van der Waals surface area contributed by atoms with Crippen molar-refractivity contribution in [2.24, 2.45) is 10.9 Å². The van der Waals surface area contributed by atoms with E-state index in [1.54, 1.807) is 6.07 Å². The van der Waals surface area contributed by atoms with Gasteiger partial charge in [0.1, 0.15) is 0 Å². The number of hydrogen-bond acceptors (Lipinski definition) is 3. The maximum atomic E-state index is 8.71. The molecule has 21 heavy (non-hydrogen) atoms. The summed E-state index contributed by atoms with van der Waals surface area (Å²) in [5, 5.41) is 15.7. The lowest BCUT2D eigenvalue weighted by atomic mass is 10.1. The quantitative estimate of drug-likeness (QED) is 0.329. The van der Waals surface area contributed by atoms with Crippen LogP contribution in [0.2, 0.25) is 5.02 Å². The van der Waals surface area contributed by atoms with Crippen LogP contribution in [0, 0.1) is 6.92 Å². The van der Waals surface area contributed by atoms with Gasteiger partial charge in [-0.3, -0.25) is 0 Å². The van der Waals surface area contributed by atoms with Crippen LogP contribution in [0.3, 0.4) is 0 Å². The third kappa shape index (κ3) is 3.89. The van der Waals surface area contributed by atoms with Gasteiger partial charge in [-0.2, -0.15) is 0 Å². The van der Waals surface area contributed by atoms with E-state index < -0.39 is 0 Å². The standard InChI is InChI=1S/C15H15BrClN3O/c1-9-5-12(16)14(7-13(9)17)19-8-10-3-2-4-11(6-10)15(18)20-21/h2-7,19,21H,8H2,1H3,(H2,18,20). The topological polar surface area (TPSA) is 70.6 Å². The lowest BCUT2D eigenvalue weighted by Crippen LogP contribution is -2.13. The van der Waals surface area contributed by atoms with Crippen molar-refractivity contribution in [1.82, 2.24) is 0 Å². The average Bonchev–Trinajstić information content (AvgIpc) is 2.49. The van der Waals surface area contributed by atoms with Gasteiger partial charge in [-0.25, -0.2) is 0 Å². The molecule has 0 atom stereocenters. The number of hydrogen-bond donors (Lipinski definition) is 3. The average molecular weight is 369 g/mol. The Balaban J connectivity index is 2.15. The Kier molecular flexibility index (Phi) is 5.09. The minimum Gasteiger partial charge on any atom is -0.409 e. The summed E-state index contributed by atoms with van der Waals surface area (Å²) >= 11 is 9.64. The second-order valence-corrected chi connectivity index (χ2v) is 5.88. The third-order valence-corrected chi connectivity index (χ3v) is 4.13. The van der Waals surface area contributed by atoms with Gasteiger partial charge in [0.2, 0.25) is 0 Å². The van der Waals surface area contributed by atoms with Crippen molar-refractivity contribution in [1.29, 1.82) is 0 Å². The Morgan fingerprint density at radius 3 is 2.86 bits per heavy atom. The van der Waals surface area contributed by atoms with Gasteiger partial charge in [0.15, 0.2) is 5.84 Å². The molecule has 0 aliphatic rings. The van der Waals surface area contributed by atoms with Crippen LogP contribution >= 0.6 is 27.5 Å². The van der Waals surface area contributed by atoms with Crippen LogP contribution in [0.5, 0.6) is 0 Å². The number of nitrogens with two attached hydrogens (primary N) is 1. The van der Waals surface area contributed by atoms with Gasteiger partial charge in [-0.1, -0.05) is 35.0 Å². The number of nitrogens with one attached hydrogen (secondary N) is 1. The number of nitrogens with zero attached hydrogens (tertiary/aromatic N) is 1. The molecule has 2 aromatic carbocycles. The number of amidine groups is 1. The summed E-state index contributed by atoms with van der Waals surface area (Å²) in [7, 11) is 0. The molecule has 0 aromatic heterocycles. The van der Waals surface area contributed by atoms with E-state index in [4.69, 9.17) is 22.5 Å². The number of halogens is 2. The van der Waals surface area contributed by atoms with Crippen LogP contribution in [-0.2, 0) is 6.54 Å². The smallest absolute Gasteiger partial charge is 0.170 e. The number of anilines is 1. The van der Waals surface area contributed by atoms with Gasteiger partial charge in [0.25, 0.3) is 0 Å². The van der Waals surface area contributed by atoms with E-state index in [0.29, 0.717) is 17.1 Å². The second-order valence-electron chi connectivity index (χ2n) is 4.62. The van der Waals surface area contributed by atoms with Crippen molar-refractivity contribution in [2.75, 3.05) is 5.32 Å². The number of rotatable bonds is 4. The maximum absolute atomic E-state index is 8.71. The molecule has 4 N–H and O–H groups in total. The molecule has 0 bridgehead atoms. The SMILES string of the molecule is Cc1cc(Br)c(NCc2cccc(/C(N)=N/O)c2)cc1Cl. The highest BCUT2D eigenvalue weighted by molar-refractivity contribution is 9.10. The highest BCUT2D eigenvalue weighted by Crippen LogP contribution is 2.29. The van der Waals surface area contributed by atoms with Gasteiger partial charge in [-0.15, -0.1) is 0 Å². The molecular weight excluding hydrogens is 354 g/mol. The number of benzene rings is 2. The minimum absolute atomic E-state index is 0.0939. The second kappa shape index (κ2) is 6.83. The number of aryl methyl sites for hydroxylation is 1. The molecule has 0 fully saturated rings. The highest BCUT2D eigenvalue weighted by Gasteiger charge is 2.05. The van der Waals surface area contributed by atoms with Crippen molar-refractivity contribution in [3.05, 3.63) is 62.6 Å². The Morgan fingerprint density at radius 2 is 2.14 bits per heavy atom. The first-order valence-electron chi connectivity index (χ1n) is 6.27. The zero-order valence-electron chi connectivity index (χ0n) is 11.4. The largest absolute Gasteiger partial charge is 0.409 e. The van der Waals surface area contributed by atoms with Crippen LogP contribution < -0.4 is 11.1 Å². The zero-order chi connectivity index (χ0) is 15.4. The van der Waals surface area contributed by atoms with Crippen molar-refractivity contribution in [3.63, 3.8) is 0 Å². The molecular formula is C15H15BrClN3O. The first-order valence-corrected chi connectivity index (χ1v) is 7.44. The summed E-state index contributed by atoms with van der Waals surface area (Å²) in [5.41, 5.74) is 9.21. The molecule has 0 unspecified atom stereocenters. The molecule has 0 saturated heterocycles. The molecule has 2 aromatic rings. The summed E-state index contributed by atoms with van der Waals surface area (Å²) in [6, 6.07) is 11.3. The number of oxime groups is 1. The Morgan fingerprint density at radius 1 is 1.38 bits per heavy atom. The zero-order valence-corrected chi connectivity index (χ0v) is 13.7. The van der Waals surface area contributed by atoms with Crippen LogP contribution in [-0.4, -0.2) is 11.0 Å². The van der Waals surface area contributed by atoms with Gasteiger partial charge < -0.3 is 16.3 Å². The molecule has 4 nitrogen and oxygen atoms in total. The van der Waals surface area contributed by atoms with Gasteiger partial charge in [-0.05, 0) is 52.2 Å². The molecule has 0 heterocycles. The molecule has 6 heteroatoms. The summed E-state index contributed by atoms with van der Waals surface area (Å²) in [4.78, 5) is 0. The summed E-state index contributed by atoms with van der Waals surface area (Å²) < 4.78 is 0.956. The molecule has 2 rings (SSSR count). The Bertz CT molecular complexity index is 689. The predicted octanol–water partition coefficient (Wildman–Crippen LogP) is 4.12. The van der Waals surface area contributed by atoms with E-state index >= 15 is 0 Å². The van der Waals surface area contributed by atoms with E-state index in [-0.39, 0.29) is 5.84 Å². The monoisotopic (exact) mass is 367 g/mol. The van der Waals surface area contributed by atoms with E-state index in [1.807, 2.05) is 37.3 Å². The molecule has 110 valence electrons. The summed E-state index contributed by atoms with van der Waals surface area (Å²) in [5.74, 6) is 0.0939. The first-order chi connectivity index (χ1) is 10.0. The normalized spacial score (nSPS) is 11.5. The Labute approximate surface area is 136 Å². The highest BCUT2D eigenvalue weighted by atomic mass is 79.9. The molecule has 0 amide bonds. The van der Waals surface area contributed by atoms with Crippen molar-refractivity contribution in [2.45, 2.75) is 13.5 Å². The molecule has 0 spiro atoms. The molecule has 0 saturated carbocycles. The van der Waals surface area contributed by atoms with Gasteiger partial charge >= 0.3 is 0 Å². The van der Waals surface area contributed by atoms with E-state index in [1.165, 1.54) is 0 Å². The molecule has 0 aliphatic carbocycles. The van der Waals surface area contributed by atoms with Crippen LogP contribution in [0.25, 0.3) is 0 Å². The fraction of sp³-hybridized carbons (Fsp3) is 0.133. The maximum Gasteiger partial charge on any atom is 0.170 e. The van der Waals surface area contributed by atoms with Gasteiger partial charge in [0.05, 0.1) is 5.69 Å². The van der Waals surface area contributed by atoms with Crippen LogP contribution in [0.15, 0.2) is 46.0 Å². The van der Waals surface area contributed by atoms with E-state index in [9.17, 15) is 0 Å². The lowest BCUT2D eigenvalue weighted by Gasteiger charge is -2.11. The fourth-order valence-corrected chi connectivity index (χ4v) is 2.64. The van der Waals surface area contributed by atoms with Gasteiger partial charge in [0, 0.05) is 21.6 Å². The van der Waals surface area contributed by atoms with Crippen molar-refractivity contribution in [3.8, 4) is 0 Å². The Hall–Kier alpha value is -1.72. The van der Waals surface area contributed by atoms with Crippen LogP contribution in [0.1, 0.15) is 16.7 Å². The molecule has 0 radical (unpaired) electrons. The minimum atomic E-state index is 0.0939. The lowest BCUT2D eigenvalue weighted by molar-refractivity contribution is 0.318. The molecule has 0 aliphatic heterocycles. The van der Waals surface area contributed by atoms with Crippen LogP contribution in [0.4, 0.5) is 5.69 Å². The van der Waals surface area contributed by atoms with E-state index in [0.717, 1.165) is 21.3 Å². The summed E-state index contributed by atoms with van der Waals surface area (Å²) in [6.07, 6.45) is 0. The fourth-order valence-electron chi connectivity index (χ4n) is 1.88. The predicted molar refractivity (Wildman–Crippen MR) is 90.2 cm³/mol. The summed E-state index contributed by atoms with van der Waals surface area (Å²) in [6.45, 7) is 2.56. The first kappa shape index (κ1) is 15.7. The van der Waals surface area contributed by atoms with Crippen molar-refractivity contribution < 1.29 is 5.21 Å². The van der Waals surface area contributed by atoms with Crippen molar-refractivity contribution >= 4 is 39.1 Å².